The molecule has 31 heavy (non-hydrogen) atoms. The van der Waals surface area contributed by atoms with Crippen LogP contribution in [0.25, 0.3) is 0 Å². The van der Waals surface area contributed by atoms with Crippen LogP contribution < -0.4 is 10.6 Å². The highest BCUT2D eigenvalue weighted by Crippen LogP contribution is 2.33. The average molecular weight is 451 g/mol. The van der Waals surface area contributed by atoms with Gasteiger partial charge in [0.2, 0.25) is 5.91 Å². The number of thioether (sulfide) groups is 1. The van der Waals surface area contributed by atoms with Gasteiger partial charge in [-0.15, -0.1) is 11.8 Å². The van der Waals surface area contributed by atoms with Crippen LogP contribution in [0.1, 0.15) is 18.9 Å². The minimum atomic E-state index is -4.36. The Labute approximate surface area is 181 Å². The van der Waals surface area contributed by atoms with E-state index in [2.05, 4.69) is 10.6 Å². The highest BCUT2D eigenvalue weighted by atomic mass is 32.2. The van der Waals surface area contributed by atoms with Crippen LogP contribution in [0.5, 0.6) is 0 Å². The van der Waals surface area contributed by atoms with E-state index in [-0.39, 0.29) is 17.0 Å². The molecule has 0 spiro atoms. The van der Waals surface area contributed by atoms with Crippen LogP contribution in [0, 0.1) is 0 Å². The van der Waals surface area contributed by atoms with Gasteiger partial charge in [-0.05, 0) is 24.1 Å². The van der Waals surface area contributed by atoms with Crippen molar-refractivity contribution in [1.82, 2.24) is 10.2 Å². The standard InChI is InChI=1S/C21H20F3N3O3S/c1-2-20(14-8-4-3-5-9-14)18(29)27(19(30)26-20)12-17(28)25-15-10-6-7-11-16(15)31-13-21(22,23)24/h3-11H,2,12-13H2,1H3,(H,25,28)(H,26,30). The second-order valence-electron chi connectivity index (χ2n) is 6.89. The van der Waals surface area contributed by atoms with Crippen LogP contribution in [0.2, 0.25) is 0 Å². The number of anilines is 1. The molecule has 1 atom stereocenters. The Balaban J connectivity index is 1.73. The lowest BCUT2D eigenvalue weighted by Gasteiger charge is -2.25. The summed E-state index contributed by atoms with van der Waals surface area (Å²) in [5, 5.41) is 5.18. The minimum Gasteiger partial charge on any atom is -0.324 e. The normalized spacial score (nSPS) is 18.8. The first-order valence-electron chi connectivity index (χ1n) is 9.44. The van der Waals surface area contributed by atoms with Crippen molar-refractivity contribution in [3.8, 4) is 0 Å². The van der Waals surface area contributed by atoms with Gasteiger partial charge in [0.05, 0.1) is 11.4 Å². The number of benzene rings is 2. The second-order valence-corrected chi connectivity index (χ2v) is 7.91. The van der Waals surface area contributed by atoms with Gasteiger partial charge < -0.3 is 10.6 Å². The number of halogens is 3. The summed E-state index contributed by atoms with van der Waals surface area (Å²) >= 11 is 0.541. The summed E-state index contributed by atoms with van der Waals surface area (Å²) in [5.74, 6) is -2.35. The zero-order valence-electron chi connectivity index (χ0n) is 16.5. The topological polar surface area (TPSA) is 78.5 Å². The molecule has 1 unspecified atom stereocenters. The van der Waals surface area contributed by atoms with Gasteiger partial charge in [-0.1, -0.05) is 49.4 Å². The third-order valence-electron chi connectivity index (χ3n) is 4.83. The first-order chi connectivity index (χ1) is 14.7. The lowest BCUT2D eigenvalue weighted by Crippen LogP contribution is -2.44. The van der Waals surface area contributed by atoms with Crippen LogP contribution in [0.15, 0.2) is 59.5 Å². The maximum absolute atomic E-state index is 13.1. The van der Waals surface area contributed by atoms with Gasteiger partial charge in [-0.3, -0.25) is 14.5 Å². The molecule has 2 N–H and O–H groups in total. The number of nitrogens with zero attached hydrogens (tertiary/aromatic N) is 1. The Bertz CT molecular complexity index is 985. The number of carbonyl (C=O) groups excluding carboxylic acids is 3. The molecule has 0 saturated carbocycles. The van der Waals surface area contributed by atoms with Crippen molar-refractivity contribution < 1.29 is 27.6 Å². The first kappa shape index (κ1) is 22.7. The van der Waals surface area contributed by atoms with E-state index in [0.717, 1.165) is 4.90 Å². The van der Waals surface area contributed by atoms with Crippen LogP contribution in [0.3, 0.4) is 0 Å². The van der Waals surface area contributed by atoms with Gasteiger partial charge in [0, 0.05) is 4.90 Å². The molecule has 1 fully saturated rings. The van der Waals surface area contributed by atoms with Crippen molar-refractivity contribution in [2.45, 2.75) is 30.0 Å². The van der Waals surface area contributed by atoms with Gasteiger partial charge >= 0.3 is 12.2 Å². The summed E-state index contributed by atoms with van der Waals surface area (Å²) in [6, 6.07) is 14.1. The van der Waals surface area contributed by atoms with Crippen LogP contribution >= 0.6 is 11.8 Å². The maximum Gasteiger partial charge on any atom is 0.398 e. The van der Waals surface area contributed by atoms with Crippen molar-refractivity contribution in [2.24, 2.45) is 0 Å². The number of urea groups is 1. The van der Waals surface area contributed by atoms with Crippen molar-refractivity contribution in [3.63, 3.8) is 0 Å². The molecule has 1 aliphatic rings. The monoisotopic (exact) mass is 451 g/mol. The van der Waals surface area contributed by atoms with Crippen molar-refractivity contribution in [1.29, 1.82) is 0 Å². The highest BCUT2D eigenvalue weighted by Gasteiger charge is 2.51. The second kappa shape index (κ2) is 9.01. The number of hydrogen-bond donors (Lipinski definition) is 2. The van der Waals surface area contributed by atoms with E-state index in [1.165, 1.54) is 12.1 Å². The number of nitrogens with one attached hydrogen (secondary N) is 2. The average Bonchev–Trinajstić information content (AvgIpc) is 2.98. The summed E-state index contributed by atoms with van der Waals surface area (Å²) in [6.07, 6.45) is -4.07. The van der Waals surface area contributed by atoms with E-state index in [1.54, 1.807) is 49.4 Å². The number of imide groups is 1. The fraction of sp³-hybridized carbons (Fsp3) is 0.286. The quantitative estimate of drug-likeness (QED) is 0.490. The van der Waals surface area contributed by atoms with Crippen molar-refractivity contribution >= 4 is 35.3 Å². The fourth-order valence-corrected chi connectivity index (χ4v) is 4.09. The van der Waals surface area contributed by atoms with Crippen molar-refractivity contribution in [3.05, 3.63) is 60.2 Å². The zero-order valence-corrected chi connectivity index (χ0v) is 17.3. The SMILES string of the molecule is CCC1(c2ccccc2)NC(=O)N(CC(=O)Nc2ccccc2SCC(F)(F)F)C1=O. The third kappa shape index (κ3) is 5.01. The molecule has 0 aliphatic carbocycles. The van der Waals surface area contributed by atoms with Crippen LogP contribution in [-0.2, 0) is 15.1 Å². The van der Waals surface area contributed by atoms with Crippen LogP contribution in [-0.4, -0.2) is 41.2 Å². The summed E-state index contributed by atoms with van der Waals surface area (Å²) in [5.41, 5.74) is -0.481. The summed E-state index contributed by atoms with van der Waals surface area (Å²) in [7, 11) is 0. The van der Waals surface area contributed by atoms with Gasteiger partial charge in [0.1, 0.15) is 12.1 Å². The number of alkyl halides is 3. The largest absolute Gasteiger partial charge is 0.398 e. The molecule has 10 heteroatoms. The molecular formula is C21H20F3N3O3S. The van der Waals surface area contributed by atoms with E-state index < -0.39 is 41.9 Å². The van der Waals surface area contributed by atoms with E-state index in [9.17, 15) is 27.6 Å². The summed E-state index contributed by atoms with van der Waals surface area (Å²) < 4.78 is 37.6. The van der Waals surface area contributed by atoms with E-state index in [0.29, 0.717) is 17.3 Å². The molecular weight excluding hydrogens is 431 g/mol. The molecule has 0 bridgehead atoms. The number of rotatable bonds is 7. The molecule has 0 aromatic heterocycles. The van der Waals surface area contributed by atoms with Crippen LogP contribution in [0.4, 0.5) is 23.7 Å². The van der Waals surface area contributed by atoms with Gasteiger partial charge in [0.25, 0.3) is 5.91 Å². The molecule has 3 rings (SSSR count). The molecule has 1 aliphatic heterocycles. The zero-order chi connectivity index (χ0) is 22.6. The van der Waals surface area contributed by atoms with E-state index in [1.807, 2.05) is 0 Å². The summed E-state index contributed by atoms with van der Waals surface area (Å²) in [6.45, 7) is 1.19. The molecule has 2 aromatic carbocycles. The number of para-hydroxylation sites is 1. The Morgan fingerprint density at radius 3 is 2.39 bits per heavy atom. The molecule has 4 amide bonds. The van der Waals surface area contributed by atoms with Gasteiger partial charge in [-0.25, -0.2) is 4.79 Å². The number of hydrogen-bond acceptors (Lipinski definition) is 4. The lowest BCUT2D eigenvalue weighted by molar-refractivity contribution is -0.134. The lowest BCUT2D eigenvalue weighted by atomic mass is 9.87. The predicted octanol–water partition coefficient (Wildman–Crippen LogP) is 4.14. The Morgan fingerprint density at radius 2 is 1.74 bits per heavy atom. The Kier molecular flexibility index (Phi) is 6.59. The molecule has 2 aromatic rings. The molecule has 1 saturated heterocycles. The van der Waals surface area contributed by atoms with E-state index in [4.69, 9.17) is 0 Å². The van der Waals surface area contributed by atoms with Gasteiger partial charge in [-0.2, -0.15) is 13.2 Å². The van der Waals surface area contributed by atoms with Crippen molar-refractivity contribution in [2.75, 3.05) is 17.6 Å². The summed E-state index contributed by atoms with van der Waals surface area (Å²) in [4.78, 5) is 39.1. The third-order valence-corrected chi connectivity index (χ3v) is 5.97. The Morgan fingerprint density at radius 1 is 1.10 bits per heavy atom. The highest BCUT2D eigenvalue weighted by molar-refractivity contribution is 7.99. The Hall–Kier alpha value is -3.01. The molecule has 0 radical (unpaired) electrons. The smallest absolute Gasteiger partial charge is 0.324 e. The van der Waals surface area contributed by atoms with Gasteiger partial charge in [0.15, 0.2) is 0 Å². The number of amides is 4. The minimum absolute atomic E-state index is 0.179. The molecule has 1 heterocycles. The fourth-order valence-electron chi connectivity index (χ4n) is 3.32. The predicted molar refractivity (Wildman–Crippen MR) is 111 cm³/mol. The van der Waals surface area contributed by atoms with E-state index >= 15 is 0 Å². The molecule has 164 valence electrons. The first-order valence-corrected chi connectivity index (χ1v) is 10.4. The maximum atomic E-state index is 13.1. The number of carbonyl (C=O) groups is 3. The molecule has 6 nitrogen and oxygen atoms in total.